The normalized spacial score (nSPS) is 13.6. The van der Waals surface area contributed by atoms with E-state index in [4.69, 9.17) is 56.3 Å². The molecular weight excluding hydrogens is 1780 g/mol. The number of aryl methyl sites for hydroxylation is 9. The maximum absolute atomic E-state index is 13.6. The van der Waals surface area contributed by atoms with Crippen molar-refractivity contribution in [3.8, 4) is 5.75 Å². The molecule has 0 aliphatic carbocycles. The van der Waals surface area contributed by atoms with Gasteiger partial charge in [0.25, 0.3) is 0 Å². The summed E-state index contributed by atoms with van der Waals surface area (Å²) in [5, 5.41) is 3.29. The Morgan fingerprint density at radius 3 is 1.08 bits per heavy atom. The van der Waals surface area contributed by atoms with Gasteiger partial charge in [-0.05, 0) is 267 Å². The van der Waals surface area contributed by atoms with E-state index in [1.165, 1.54) is 89.9 Å². The van der Waals surface area contributed by atoms with Crippen LogP contribution in [0, 0.1) is 26.6 Å². The molecule has 0 bridgehead atoms. The predicted octanol–water partition coefficient (Wildman–Crippen LogP) is 27.5. The fourth-order valence-corrected chi connectivity index (χ4v) is 19.3. The van der Waals surface area contributed by atoms with Crippen LogP contribution in [0.15, 0.2) is 322 Å². The molecule has 7 aliphatic heterocycles. The zero-order valence-corrected chi connectivity index (χ0v) is 81.3. The predicted molar refractivity (Wildman–Crippen MR) is 575 cm³/mol. The minimum atomic E-state index is -0.186. The summed E-state index contributed by atoms with van der Waals surface area (Å²) in [6, 6.07) is 85.6. The number of para-hydroxylation sites is 12. The zero-order valence-electron chi connectivity index (χ0n) is 80.6. The molecule has 0 radical (unpaired) electrons. The largest absolute Gasteiger partial charge is 0.493 e. The SMILES string of the molecule is CC(C)(C)c1ccc2c(c1)CC(CCc1cnc3ccccc3n1)=N2.Cc1cc2c(cc1Cl)N=C(CCc1cnc3ccccc3n1)C2.Cc1cc2c(cc1F)N=C(CCc1cnc3ccccc3n1)C2.Cc1cccc2c1CC(CCc1cnc3ccccc3n1)=N2.c1ccc2c3c(ccc2c1)CC(CCc1cnc2ccccc2n1)=N3.c1ccc2nc(CCC3=Nc4cc5c(cc4C3)CCO5)cnc2c1. The fraction of sp³-hybridized carbons (Fsp3) is 0.223. The number of hydrogen-bond donors (Lipinski definition) is 0. The van der Waals surface area contributed by atoms with E-state index in [0.29, 0.717) is 5.56 Å². The molecule has 0 spiro atoms. The lowest BCUT2D eigenvalue weighted by Crippen LogP contribution is -2.11. The topological polar surface area (TPSA) is 238 Å². The third-order valence-electron chi connectivity index (χ3n) is 27.0. The van der Waals surface area contributed by atoms with Gasteiger partial charge in [-0.25, -0.2) is 34.3 Å². The number of aliphatic imine (C=N–C) groups is 6. The summed E-state index contributed by atoms with van der Waals surface area (Å²) in [6.45, 7) is 13.5. The van der Waals surface area contributed by atoms with Crippen LogP contribution < -0.4 is 4.74 Å². The third kappa shape index (κ3) is 21.9. The number of aromatic nitrogens is 12. The summed E-state index contributed by atoms with van der Waals surface area (Å²) in [6.07, 6.45) is 28.4. The number of nitrogens with zero attached hydrogens (tertiary/aromatic N) is 18. The summed E-state index contributed by atoms with van der Waals surface area (Å²) in [5.74, 6) is 0.827. The average Bonchev–Trinajstić information content (AvgIpc) is 1.65. The van der Waals surface area contributed by atoms with Crippen LogP contribution in [0.25, 0.3) is 77.0 Å². The van der Waals surface area contributed by atoms with Gasteiger partial charge in [0.05, 0.1) is 141 Å². The Kier molecular flexibility index (Phi) is 27.2. The van der Waals surface area contributed by atoms with Crippen LogP contribution in [-0.4, -0.2) is 101 Å². The number of hydrogen-bond acceptors (Lipinski definition) is 19. The zero-order chi connectivity index (χ0) is 96.6. The van der Waals surface area contributed by atoms with Crippen LogP contribution in [0.3, 0.4) is 0 Å². The first-order valence-corrected chi connectivity index (χ1v) is 49.5. The number of ether oxygens (including phenoxy) is 1. The standard InChI is InChI=1S/C22H17N3.C22H23N3.C20H17N3O.C19H16ClN3.C19H16FN3.C19H17N3/c1-2-6-19-15(5-1)9-10-16-13-17(25-22(16)19)11-12-18-14-23-20-7-3-4-8-21(20)24-18;1-22(2,3)16-8-11-19-15(12-16)13-17(24-19)9-10-18-14-23-20-6-4-5-7-21(20)25-18;1-2-4-18-17(3-1)21-12-16(23-18)6-5-15-10-14-9-13-7-8-24-20(13)11-19(14)22-15;2*1-12-8-13-9-14(22-19(13)10-16(12)20)6-7-15-11-21-17-4-2-3-5-18(17)23-15;1-13-5-4-8-17-16(13)11-14(21-17)9-10-15-12-20-18-6-2-3-7-19(18)22-15/h1-10,14H,11-13H2;4-8,11-12,14H,9-10,13H2,1-3H3;1-4,9,11-12H,5-8,10H2;2*2-5,8,10-11H,6-7,9H2,1H3;2-8,12H,9-11H2,1H3. The molecule has 0 saturated carbocycles. The lowest BCUT2D eigenvalue weighted by molar-refractivity contribution is 0.357. The van der Waals surface area contributed by atoms with Gasteiger partial charge in [0, 0.05) is 139 Å². The summed E-state index contributed by atoms with van der Waals surface area (Å²) in [4.78, 5) is 83.6. The van der Waals surface area contributed by atoms with E-state index in [0.717, 1.165) is 291 Å². The van der Waals surface area contributed by atoms with Crippen LogP contribution in [0.5, 0.6) is 5.75 Å². The molecule has 700 valence electrons. The van der Waals surface area contributed by atoms with Gasteiger partial charge in [-0.2, -0.15) is 0 Å². The first kappa shape index (κ1) is 92.5. The summed E-state index contributed by atoms with van der Waals surface area (Å²) in [5.41, 5.74) is 44.8. The second-order valence-corrected chi connectivity index (χ2v) is 38.7. The Morgan fingerprint density at radius 2 is 0.648 bits per heavy atom. The van der Waals surface area contributed by atoms with Crippen molar-refractivity contribution in [2.24, 2.45) is 30.0 Å². The molecular formula is C121H106ClFN18O. The van der Waals surface area contributed by atoms with Gasteiger partial charge in [-0.3, -0.25) is 59.9 Å². The summed E-state index contributed by atoms with van der Waals surface area (Å²) < 4.78 is 19.3. The second kappa shape index (κ2) is 41.7. The van der Waals surface area contributed by atoms with Crippen LogP contribution in [-0.2, 0) is 88.9 Å². The van der Waals surface area contributed by atoms with E-state index in [1.54, 1.807) is 6.92 Å². The highest BCUT2D eigenvalue weighted by Gasteiger charge is 2.26. The number of fused-ring (bicyclic) bond motifs is 15. The highest BCUT2D eigenvalue weighted by Crippen LogP contribution is 2.41. The first-order valence-electron chi connectivity index (χ1n) is 49.1. The minimum Gasteiger partial charge on any atom is -0.493 e. The molecule has 0 N–H and O–H groups in total. The molecule has 0 unspecified atom stereocenters. The number of rotatable bonds is 18. The van der Waals surface area contributed by atoms with Crippen LogP contribution in [0.1, 0.15) is 155 Å². The van der Waals surface area contributed by atoms with Crippen molar-refractivity contribution in [2.75, 3.05) is 6.61 Å². The molecule has 0 fully saturated rings. The monoisotopic (exact) mass is 1880 g/mol. The Labute approximate surface area is 829 Å². The molecule has 142 heavy (non-hydrogen) atoms. The lowest BCUT2D eigenvalue weighted by Gasteiger charge is -2.19. The van der Waals surface area contributed by atoms with E-state index in [-0.39, 0.29) is 11.2 Å². The minimum absolute atomic E-state index is 0.179. The molecule has 7 aliphatic rings. The van der Waals surface area contributed by atoms with Gasteiger partial charge in [-0.15, -0.1) is 0 Å². The molecule has 19 aromatic rings. The molecule has 21 heteroatoms. The van der Waals surface area contributed by atoms with E-state index < -0.39 is 0 Å². The van der Waals surface area contributed by atoms with Crippen molar-refractivity contribution in [1.82, 2.24) is 59.8 Å². The highest BCUT2D eigenvalue weighted by molar-refractivity contribution is 6.31. The van der Waals surface area contributed by atoms with Gasteiger partial charge in [0.2, 0.25) is 0 Å². The molecule has 19 nitrogen and oxygen atoms in total. The van der Waals surface area contributed by atoms with Crippen LogP contribution >= 0.6 is 11.6 Å². The van der Waals surface area contributed by atoms with Crippen molar-refractivity contribution in [3.63, 3.8) is 0 Å². The molecule has 0 saturated heterocycles. The van der Waals surface area contributed by atoms with E-state index in [2.05, 4.69) is 169 Å². The maximum Gasteiger partial charge on any atom is 0.128 e. The van der Waals surface area contributed by atoms with Crippen molar-refractivity contribution in [1.29, 1.82) is 0 Å². The highest BCUT2D eigenvalue weighted by atomic mass is 35.5. The number of halogens is 2. The van der Waals surface area contributed by atoms with E-state index >= 15 is 0 Å². The van der Waals surface area contributed by atoms with Gasteiger partial charge in [0.1, 0.15) is 11.6 Å². The van der Waals surface area contributed by atoms with Crippen LogP contribution in [0.4, 0.5) is 38.5 Å². The molecule has 0 amide bonds. The lowest BCUT2D eigenvalue weighted by atomic mass is 9.85. The Bertz CT molecular complexity index is 8150. The summed E-state index contributed by atoms with van der Waals surface area (Å²) in [7, 11) is 0. The van der Waals surface area contributed by atoms with Crippen molar-refractivity contribution < 1.29 is 9.13 Å². The van der Waals surface area contributed by atoms with Gasteiger partial charge in [-0.1, -0.05) is 178 Å². The molecule has 0 atom stereocenters. The Morgan fingerprint density at radius 1 is 0.289 bits per heavy atom. The van der Waals surface area contributed by atoms with Crippen LogP contribution in [0.2, 0.25) is 5.02 Å². The molecule has 13 heterocycles. The van der Waals surface area contributed by atoms with E-state index in [1.807, 2.05) is 202 Å². The third-order valence-corrected chi connectivity index (χ3v) is 27.4. The fourth-order valence-electron chi connectivity index (χ4n) is 19.1. The second-order valence-electron chi connectivity index (χ2n) is 38.3. The average molecular weight is 1880 g/mol. The smallest absolute Gasteiger partial charge is 0.128 e. The number of benzene rings is 13. The Hall–Kier alpha value is -15.8. The van der Waals surface area contributed by atoms with Gasteiger partial charge < -0.3 is 4.74 Å². The van der Waals surface area contributed by atoms with Crippen molar-refractivity contribution in [2.45, 2.75) is 169 Å². The maximum atomic E-state index is 13.6. The molecule has 6 aromatic heterocycles. The summed E-state index contributed by atoms with van der Waals surface area (Å²) >= 11 is 6.18. The van der Waals surface area contributed by atoms with Crippen molar-refractivity contribution in [3.05, 3.63) is 398 Å². The Balaban J connectivity index is 0.000000101. The first-order chi connectivity index (χ1) is 69.4. The quantitative estimate of drug-likeness (QED) is 0.0778. The van der Waals surface area contributed by atoms with Gasteiger partial charge in [0.15, 0.2) is 0 Å². The molecule has 13 aromatic carbocycles. The van der Waals surface area contributed by atoms with E-state index in [9.17, 15) is 4.39 Å². The van der Waals surface area contributed by atoms with Crippen molar-refractivity contribution >= 4 is 157 Å². The molecule has 26 rings (SSSR count). The van der Waals surface area contributed by atoms with Gasteiger partial charge >= 0.3 is 0 Å².